The average molecular weight is 472 g/mol. The number of aliphatic imine (C=N–C) groups is 2. The number of imidazole rings is 1. The van der Waals surface area contributed by atoms with Crippen molar-refractivity contribution in [1.82, 2.24) is 4.57 Å². The maximum absolute atomic E-state index is 12.8. The summed E-state index contributed by atoms with van der Waals surface area (Å²) in [5.74, 6) is 1.19. The van der Waals surface area contributed by atoms with Gasteiger partial charge in [0, 0.05) is 6.07 Å². The Kier molecular flexibility index (Phi) is 7.10. The molecule has 8 nitrogen and oxygen atoms in total. The summed E-state index contributed by atoms with van der Waals surface area (Å²) in [6, 6.07) is 14.1. The molecule has 0 saturated heterocycles. The van der Waals surface area contributed by atoms with Gasteiger partial charge in [-0.2, -0.15) is 0 Å². The molecule has 1 aromatic heterocycles. The van der Waals surface area contributed by atoms with Crippen molar-refractivity contribution in [2.24, 2.45) is 23.0 Å². The van der Waals surface area contributed by atoms with Gasteiger partial charge in [0.15, 0.2) is 11.9 Å². The third kappa shape index (κ3) is 5.32. The van der Waals surface area contributed by atoms with Crippen molar-refractivity contribution in [3.63, 3.8) is 0 Å². The first-order valence-electron chi connectivity index (χ1n) is 11.6. The molecule has 0 aliphatic carbocycles. The van der Waals surface area contributed by atoms with E-state index < -0.39 is 0 Å². The summed E-state index contributed by atoms with van der Waals surface area (Å²) in [6.07, 6.45) is 8.46. The molecule has 8 heteroatoms. The van der Waals surface area contributed by atoms with Gasteiger partial charge in [0.2, 0.25) is 0 Å². The van der Waals surface area contributed by atoms with E-state index in [1.807, 2.05) is 61.8 Å². The van der Waals surface area contributed by atoms with Crippen molar-refractivity contribution in [3.05, 3.63) is 79.0 Å². The molecule has 2 heterocycles. The number of aryl methyl sites for hydroxylation is 2. The van der Waals surface area contributed by atoms with Gasteiger partial charge >= 0.3 is 0 Å². The highest BCUT2D eigenvalue weighted by Gasteiger charge is 2.25. The van der Waals surface area contributed by atoms with Gasteiger partial charge in [-0.05, 0) is 55.8 Å². The lowest BCUT2D eigenvalue weighted by Crippen LogP contribution is -2.40. The first kappa shape index (κ1) is 23.9. The van der Waals surface area contributed by atoms with Crippen LogP contribution in [-0.4, -0.2) is 33.7 Å². The van der Waals surface area contributed by atoms with Crippen LogP contribution in [0.5, 0.6) is 11.5 Å². The van der Waals surface area contributed by atoms with E-state index in [0.717, 1.165) is 6.42 Å². The summed E-state index contributed by atoms with van der Waals surface area (Å²) in [6.45, 7) is 4.72. The summed E-state index contributed by atoms with van der Waals surface area (Å²) in [7, 11) is 3.68. The van der Waals surface area contributed by atoms with Crippen molar-refractivity contribution < 1.29 is 24.1 Å². The minimum absolute atomic E-state index is 0.0836. The second-order valence-corrected chi connectivity index (χ2v) is 8.30. The lowest BCUT2D eigenvalue weighted by Gasteiger charge is -2.13. The number of benzene rings is 2. The zero-order valence-corrected chi connectivity index (χ0v) is 20.4. The Bertz CT molecular complexity index is 1330. The van der Waals surface area contributed by atoms with Gasteiger partial charge in [-0.15, -0.1) is 0 Å². The molecular formula is C27H29N5O3. The average Bonchev–Trinajstić information content (AvgIpc) is 3.42. The van der Waals surface area contributed by atoms with Crippen molar-refractivity contribution in [2.45, 2.75) is 26.8 Å². The molecule has 0 N–H and O–H groups in total. The summed E-state index contributed by atoms with van der Waals surface area (Å²) in [5, 5.41) is 25.4. The molecule has 3 aromatic rings. The zero-order chi connectivity index (χ0) is 24.9. The first-order valence-corrected chi connectivity index (χ1v) is 11.6. The van der Waals surface area contributed by atoms with E-state index in [0.29, 0.717) is 41.0 Å². The Hall–Kier alpha value is -4.20. The lowest BCUT2D eigenvalue weighted by atomic mass is 10.0. The molecular weight excluding hydrogens is 442 g/mol. The Morgan fingerprint density at radius 3 is 2.43 bits per heavy atom. The van der Waals surface area contributed by atoms with Crippen LogP contribution in [0, 0.1) is 5.92 Å². The number of nitrogens with zero attached hydrogens (tertiary/aromatic N) is 5. The Morgan fingerprint density at radius 2 is 1.71 bits per heavy atom. The Labute approximate surface area is 205 Å². The number of ether oxygens (including phenoxy) is 1. The quantitative estimate of drug-likeness (QED) is 0.287. The van der Waals surface area contributed by atoms with Crippen LogP contribution in [0.3, 0.4) is 0 Å². The topological polar surface area (TPSA) is 91.9 Å². The number of aromatic nitrogens is 2. The molecule has 0 fully saturated rings. The number of rotatable bonds is 8. The van der Waals surface area contributed by atoms with Gasteiger partial charge in [0.1, 0.15) is 30.9 Å². The van der Waals surface area contributed by atoms with Gasteiger partial charge in [0.05, 0.1) is 42.7 Å². The second kappa shape index (κ2) is 10.4. The monoisotopic (exact) mass is 471 g/mol. The van der Waals surface area contributed by atoms with Crippen LogP contribution in [0.25, 0.3) is 0 Å². The molecule has 1 atom stereocenters. The molecule has 1 unspecified atom stereocenters. The summed E-state index contributed by atoms with van der Waals surface area (Å²) in [4.78, 5) is 8.51. The van der Waals surface area contributed by atoms with Gasteiger partial charge in [0.25, 0.3) is 5.82 Å². The van der Waals surface area contributed by atoms with Crippen LogP contribution in [0.2, 0.25) is 0 Å². The molecule has 2 aromatic carbocycles. The summed E-state index contributed by atoms with van der Waals surface area (Å²) >= 11 is 0. The highest BCUT2D eigenvalue weighted by molar-refractivity contribution is 6.37. The smallest absolute Gasteiger partial charge is 0.292 e. The Morgan fingerprint density at radius 1 is 0.971 bits per heavy atom. The maximum Gasteiger partial charge on any atom is 0.292 e. The van der Waals surface area contributed by atoms with Crippen molar-refractivity contribution in [2.75, 3.05) is 7.05 Å². The lowest BCUT2D eigenvalue weighted by molar-refractivity contribution is -0.674. The predicted molar refractivity (Wildman–Crippen MR) is 132 cm³/mol. The minimum atomic E-state index is -0.307. The fourth-order valence-electron chi connectivity index (χ4n) is 4.04. The van der Waals surface area contributed by atoms with E-state index in [9.17, 15) is 10.2 Å². The molecule has 0 saturated carbocycles. The van der Waals surface area contributed by atoms with Gasteiger partial charge < -0.3 is 14.9 Å². The normalized spacial score (nSPS) is 16.3. The molecule has 0 bridgehead atoms. The fourth-order valence-corrected chi connectivity index (χ4v) is 4.04. The SMILES string of the molecule is CCC1C=C[N+](C)=C1C([O-])=Nc1cccc(Oc2ccc(N=C([O-])c3n(CC)cc[n+]3C)cc2)c1. The van der Waals surface area contributed by atoms with Crippen LogP contribution in [0.4, 0.5) is 11.4 Å². The number of hydrogen-bond acceptors (Lipinski definition) is 5. The zero-order valence-electron chi connectivity index (χ0n) is 20.4. The van der Waals surface area contributed by atoms with E-state index >= 15 is 0 Å². The highest BCUT2D eigenvalue weighted by atomic mass is 16.5. The van der Waals surface area contributed by atoms with E-state index in [-0.39, 0.29) is 17.7 Å². The summed E-state index contributed by atoms with van der Waals surface area (Å²) < 4.78 is 11.4. The molecule has 1 aliphatic rings. The van der Waals surface area contributed by atoms with Crippen LogP contribution < -0.4 is 19.5 Å². The van der Waals surface area contributed by atoms with Gasteiger partial charge in [-0.1, -0.05) is 13.0 Å². The fraction of sp³-hybridized carbons (Fsp3) is 0.259. The molecule has 35 heavy (non-hydrogen) atoms. The van der Waals surface area contributed by atoms with Crippen molar-refractivity contribution in [3.8, 4) is 11.5 Å². The molecule has 0 radical (unpaired) electrons. The van der Waals surface area contributed by atoms with Gasteiger partial charge in [-0.25, -0.2) is 13.7 Å². The van der Waals surface area contributed by atoms with Crippen molar-refractivity contribution >= 4 is 28.9 Å². The van der Waals surface area contributed by atoms with E-state index in [2.05, 4.69) is 9.98 Å². The number of allylic oxidation sites excluding steroid dienone is 1. The van der Waals surface area contributed by atoms with Crippen molar-refractivity contribution in [1.29, 1.82) is 0 Å². The summed E-state index contributed by atoms with van der Waals surface area (Å²) in [5.41, 5.74) is 1.74. The van der Waals surface area contributed by atoms with Crippen LogP contribution >= 0.6 is 0 Å². The molecule has 0 spiro atoms. The van der Waals surface area contributed by atoms with E-state index in [1.54, 1.807) is 53.1 Å². The molecule has 0 amide bonds. The maximum atomic E-state index is 12.8. The highest BCUT2D eigenvalue weighted by Crippen LogP contribution is 2.27. The van der Waals surface area contributed by atoms with E-state index in [4.69, 9.17) is 4.74 Å². The second-order valence-electron chi connectivity index (χ2n) is 8.30. The standard InChI is InChI=1S/C27H29N5O3/c1-5-19-14-15-30(3)24(19)25(33)29-21-8-7-9-23(18-21)35-22-12-10-20(11-13-22)28-26(34)27-31(4)16-17-32(27)6-2/h7-19H,5-6H2,1-4H3. The minimum Gasteiger partial charge on any atom is -0.854 e. The molecule has 180 valence electrons. The van der Waals surface area contributed by atoms with Crippen LogP contribution in [0.15, 0.2) is 83.2 Å². The molecule has 1 aliphatic heterocycles. The first-order chi connectivity index (χ1) is 16.9. The third-order valence-electron chi connectivity index (χ3n) is 5.89. The van der Waals surface area contributed by atoms with Crippen LogP contribution in [-0.2, 0) is 13.6 Å². The Balaban J connectivity index is 1.48. The van der Waals surface area contributed by atoms with Crippen LogP contribution in [0.1, 0.15) is 26.1 Å². The predicted octanol–water partition coefficient (Wildman–Crippen LogP) is 2.59. The third-order valence-corrected chi connectivity index (χ3v) is 5.89. The largest absolute Gasteiger partial charge is 0.854 e. The number of hydrogen-bond donors (Lipinski definition) is 0. The van der Waals surface area contributed by atoms with E-state index in [1.165, 1.54) is 0 Å². The van der Waals surface area contributed by atoms with Gasteiger partial charge in [-0.3, -0.25) is 9.98 Å². The molecule has 4 rings (SSSR count).